The zero-order valence-corrected chi connectivity index (χ0v) is 12.6. The summed E-state index contributed by atoms with van der Waals surface area (Å²) in [6, 6.07) is 8.48. The Labute approximate surface area is 117 Å². The van der Waals surface area contributed by atoms with E-state index in [-0.39, 0.29) is 5.54 Å². The molecular weight excluding hydrogens is 260 g/mol. The quantitative estimate of drug-likeness (QED) is 0.855. The van der Waals surface area contributed by atoms with Gasteiger partial charge in [0.25, 0.3) is 0 Å². The lowest BCUT2D eigenvalue weighted by atomic mass is 10.0. The largest absolute Gasteiger partial charge is 0.320 e. The van der Waals surface area contributed by atoms with Crippen molar-refractivity contribution in [2.75, 3.05) is 6.26 Å². The van der Waals surface area contributed by atoms with Crippen molar-refractivity contribution in [1.82, 2.24) is 4.98 Å². The van der Waals surface area contributed by atoms with E-state index in [1.807, 2.05) is 6.92 Å². The Kier molecular flexibility index (Phi) is 4.10. The smallest absolute Gasteiger partial charge is 0.113 e. The maximum absolute atomic E-state index is 6.22. The summed E-state index contributed by atoms with van der Waals surface area (Å²) in [6.07, 6.45) is 2.97. The minimum atomic E-state index is -0.317. The lowest BCUT2D eigenvalue weighted by molar-refractivity contribution is 0.474. The third-order valence-corrected chi connectivity index (χ3v) is 4.98. The van der Waals surface area contributed by atoms with E-state index < -0.39 is 0 Å². The highest BCUT2D eigenvalue weighted by atomic mass is 32.2. The number of rotatable bonds is 4. The zero-order chi connectivity index (χ0) is 13.2. The number of nitrogens with two attached hydrogens (primary N) is 1. The molecule has 0 aliphatic heterocycles. The molecule has 1 aromatic carbocycles. The molecule has 4 heteroatoms. The van der Waals surface area contributed by atoms with Crippen LogP contribution in [0.3, 0.4) is 0 Å². The molecule has 0 radical (unpaired) electrons. The highest BCUT2D eigenvalue weighted by Crippen LogP contribution is 2.30. The van der Waals surface area contributed by atoms with Crippen molar-refractivity contribution in [3.05, 3.63) is 34.7 Å². The highest BCUT2D eigenvalue weighted by Gasteiger charge is 2.22. The molecule has 0 saturated carbocycles. The van der Waals surface area contributed by atoms with Gasteiger partial charge in [0, 0.05) is 15.8 Å². The van der Waals surface area contributed by atoms with Crippen molar-refractivity contribution in [2.24, 2.45) is 5.73 Å². The molecule has 1 unspecified atom stereocenters. The molecule has 96 valence electrons. The summed E-state index contributed by atoms with van der Waals surface area (Å²) in [7, 11) is 0. The first-order valence-electron chi connectivity index (χ1n) is 5.96. The van der Waals surface area contributed by atoms with Gasteiger partial charge in [0.05, 0.1) is 11.2 Å². The van der Waals surface area contributed by atoms with E-state index in [9.17, 15) is 0 Å². The van der Waals surface area contributed by atoms with Gasteiger partial charge >= 0.3 is 0 Å². The van der Waals surface area contributed by atoms with Crippen LogP contribution in [0.15, 0.2) is 34.5 Å². The molecule has 1 aromatic heterocycles. The normalized spacial score (nSPS) is 14.4. The molecule has 2 nitrogen and oxygen atoms in total. The number of thiazole rings is 1. The Hall–Kier alpha value is -0.840. The molecular formula is C14H18N2S2. The second kappa shape index (κ2) is 5.43. The molecule has 2 aromatic rings. The molecule has 1 heterocycles. The summed E-state index contributed by atoms with van der Waals surface area (Å²) in [5, 5.41) is 3.10. The second-order valence-electron chi connectivity index (χ2n) is 4.54. The van der Waals surface area contributed by atoms with Gasteiger partial charge in [-0.1, -0.05) is 19.1 Å². The van der Waals surface area contributed by atoms with Gasteiger partial charge in [0.1, 0.15) is 5.01 Å². The van der Waals surface area contributed by atoms with Crippen molar-refractivity contribution in [2.45, 2.75) is 30.7 Å². The first-order valence-corrected chi connectivity index (χ1v) is 8.06. The maximum Gasteiger partial charge on any atom is 0.113 e. The monoisotopic (exact) mass is 278 g/mol. The van der Waals surface area contributed by atoms with Crippen LogP contribution in [-0.2, 0) is 5.54 Å². The van der Waals surface area contributed by atoms with Crippen molar-refractivity contribution in [3.63, 3.8) is 0 Å². The zero-order valence-electron chi connectivity index (χ0n) is 10.9. The van der Waals surface area contributed by atoms with E-state index in [0.717, 1.165) is 22.7 Å². The first-order chi connectivity index (χ1) is 8.56. The van der Waals surface area contributed by atoms with E-state index in [1.165, 1.54) is 4.90 Å². The molecule has 0 bridgehead atoms. The number of aromatic nitrogens is 1. The topological polar surface area (TPSA) is 38.9 Å². The molecule has 0 saturated heterocycles. The molecule has 0 amide bonds. The average Bonchev–Trinajstić information content (AvgIpc) is 2.89. The number of thioether (sulfide) groups is 1. The Morgan fingerprint density at radius 2 is 2.00 bits per heavy atom. The van der Waals surface area contributed by atoms with E-state index in [1.54, 1.807) is 23.1 Å². The minimum absolute atomic E-state index is 0.317. The van der Waals surface area contributed by atoms with Crippen molar-refractivity contribution < 1.29 is 0 Å². The predicted octanol–water partition coefficient (Wildman–Crippen LogP) is 4.12. The van der Waals surface area contributed by atoms with Crippen molar-refractivity contribution >= 4 is 23.1 Å². The molecule has 0 fully saturated rings. The Morgan fingerprint density at radius 1 is 1.33 bits per heavy atom. The maximum atomic E-state index is 6.22. The summed E-state index contributed by atoms with van der Waals surface area (Å²) in [5.41, 5.74) is 8.08. The molecule has 0 spiro atoms. The summed E-state index contributed by atoms with van der Waals surface area (Å²) in [6.45, 7) is 4.13. The van der Waals surface area contributed by atoms with Crippen LogP contribution in [-0.4, -0.2) is 11.2 Å². The summed E-state index contributed by atoms with van der Waals surface area (Å²) in [4.78, 5) is 5.94. The van der Waals surface area contributed by atoms with Crippen LogP contribution in [0.25, 0.3) is 11.3 Å². The van der Waals surface area contributed by atoms with Gasteiger partial charge in [-0.25, -0.2) is 4.98 Å². The standard InChI is InChI=1S/C14H18N2S2/c1-4-14(2,15)13-16-12(9-18-13)10-5-7-11(17-3)8-6-10/h5-9H,4,15H2,1-3H3. The van der Waals surface area contributed by atoms with Gasteiger partial charge in [0.2, 0.25) is 0 Å². The highest BCUT2D eigenvalue weighted by molar-refractivity contribution is 7.98. The summed E-state index contributed by atoms with van der Waals surface area (Å²) >= 11 is 3.39. The van der Waals surface area contributed by atoms with Crippen molar-refractivity contribution in [1.29, 1.82) is 0 Å². The van der Waals surface area contributed by atoms with Crippen LogP contribution in [0.5, 0.6) is 0 Å². The van der Waals surface area contributed by atoms with E-state index in [2.05, 4.69) is 47.8 Å². The van der Waals surface area contributed by atoms with Crippen LogP contribution in [0.1, 0.15) is 25.3 Å². The third kappa shape index (κ3) is 2.76. The lowest BCUT2D eigenvalue weighted by Crippen LogP contribution is -2.31. The van der Waals surface area contributed by atoms with Gasteiger partial charge in [0.15, 0.2) is 0 Å². The Balaban J connectivity index is 2.29. The number of benzene rings is 1. The van der Waals surface area contributed by atoms with Gasteiger partial charge < -0.3 is 5.73 Å². The number of hydrogen-bond donors (Lipinski definition) is 1. The Morgan fingerprint density at radius 3 is 2.56 bits per heavy atom. The Bertz CT molecular complexity index is 515. The number of hydrogen-bond acceptors (Lipinski definition) is 4. The minimum Gasteiger partial charge on any atom is -0.320 e. The van der Waals surface area contributed by atoms with Crippen LogP contribution in [0.2, 0.25) is 0 Å². The first kappa shape index (κ1) is 13.6. The fourth-order valence-electron chi connectivity index (χ4n) is 1.58. The van der Waals surface area contributed by atoms with Crippen LogP contribution in [0.4, 0.5) is 0 Å². The SMILES string of the molecule is CCC(C)(N)c1nc(-c2ccc(SC)cc2)cs1. The fraction of sp³-hybridized carbons (Fsp3) is 0.357. The van der Waals surface area contributed by atoms with Crippen LogP contribution < -0.4 is 5.73 Å². The summed E-state index contributed by atoms with van der Waals surface area (Å²) < 4.78 is 0. The molecule has 18 heavy (non-hydrogen) atoms. The third-order valence-electron chi connectivity index (χ3n) is 3.11. The number of nitrogens with zero attached hydrogens (tertiary/aromatic N) is 1. The second-order valence-corrected chi connectivity index (χ2v) is 6.28. The fourth-order valence-corrected chi connectivity index (χ4v) is 2.97. The van der Waals surface area contributed by atoms with Crippen molar-refractivity contribution in [3.8, 4) is 11.3 Å². The molecule has 1 atom stereocenters. The van der Waals surface area contributed by atoms with Gasteiger partial charge in [-0.3, -0.25) is 0 Å². The molecule has 0 aliphatic rings. The lowest BCUT2D eigenvalue weighted by Gasteiger charge is -2.18. The van der Waals surface area contributed by atoms with Crippen LogP contribution >= 0.6 is 23.1 Å². The van der Waals surface area contributed by atoms with Gasteiger partial charge in [-0.15, -0.1) is 23.1 Å². The molecule has 2 N–H and O–H groups in total. The average molecular weight is 278 g/mol. The van der Waals surface area contributed by atoms with E-state index in [4.69, 9.17) is 5.73 Å². The summed E-state index contributed by atoms with van der Waals surface area (Å²) in [5.74, 6) is 0. The van der Waals surface area contributed by atoms with E-state index >= 15 is 0 Å². The van der Waals surface area contributed by atoms with E-state index in [0.29, 0.717) is 0 Å². The van der Waals surface area contributed by atoms with Gasteiger partial charge in [-0.2, -0.15) is 0 Å². The van der Waals surface area contributed by atoms with Crippen LogP contribution in [0, 0.1) is 0 Å². The molecule has 2 rings (SSSR count). The van der Waals surface area contributed by atoms with Gasteiger partial charge in [-0.05, 0) is 31.7 Å². The predicted molar refractivity (Wildman–Crippen MR) is 81.2 cm³/mol. The molecule has 0 aliphatic carbocycles.